The average Bonchev–Trinajstić information content (AvgIpc) is 2.55. The van der Waals surface area contributed by atoms with Crippen molar-refractivity contribution in [3.63, 3.8) is 0 Å². The summed E-state index contributed by atoms with van der Waals surface area (Å²) in [7, 11) is 0. The van der Waals surface area contributed by atoms with Crippen molar-refractivity contribution >= 4 is 23.0 Å². The van der Waals surface area contributed by atoms with Gasteiger partial charge in [-0.25, -0.2) is 0 Å². The second kappa shape index (κ2) is 7.20. The minimum absolute atomic E-state index is 0.0741. The fraction of sp³-hybridized carbons (Fsp3) is 0.111. The molecule has 0 heterocycles. The smallest absolute Gasteiger partial charge is 0.224 e. The maximum atomic E-state index is 10.6. The third kappa shape index (κ3) is 3.89. The molecule has 0 spiro atoms. The molecule has 2 aromatic rings. The predicted octanol–water partition coefficient (Wildman–Crippen LogP) is 3.26. The molecule has 2 aromatic carbocycles. The highest BCUT2D eigenvalue weighted by atomic mass is 16.1. The van der Waals surface area contributed by atoms with Crippen LogP contribution in [0.15, 0.2) is 66.8 Å². The fourth-order valence-corrected chi connectivity index (χ4v) is 2.14. The van der Waals surface area contributed by atoms with Gasteiger partial charge in [-0.1, -0.05) is 66.8 Å². The SMILES string of the molecule is NC(=O)C1C=CC=CC1.O=Cc1cccc2ccccc12. The van der Waals surface area contributed by atoms with E-state index >= 15 is 0 Å². The summed E-state index contributed by atoms with van der Waals surface area (Å²) in [6, 6.07) is 13.6. The van der Waals surface area contributed by atoms with Gasteiger partial charge < -0.3 is 5.73 Å². The van der Waals surface area contributed by atoms with Crippen LogP contribution in [0.2, 0.25) is 0 Å². The van der Waals surface area contributed by atoms with Crippen LogP contribution in [0.5, 0.6) is 0 Å². The zero-order chi connectivity index (χ0) is 15.1. The molecule has 0 saturated heterocycles. The first kappa shape index (κ1) is 14.7. The summed E-state index contributed by atoms with van der Waals surface area (Å²) in [5.41, 5.74) is 5.80. The number of primary amides is 1. The van der Waals surface area contributed by atoms with Crippen molar-refractivity contribution in [2.45, 2.75) is 6.42 Å². The highest BCUT2D eigenvalue weighted by molar-refractivity contribution is 5.97. The average molecular weight is 279 g/mol. The Balaban J connectivity index is 0.000000161. The summed E-state index contributed by atoms with van der Waals surface area (Å²) >= 11 is 0. The summed E-state index contributed by atoms with van der Waals surface area (Å²) in [4.78, 5) is 21.1. The Morgan fingerprint density at radius 1 is 1.10 bits per heavy atom. The number of allylic oxidation sites excluding steroid dienone is 3. The second-order valence-electron chi connectivity index (χ2n) is 4.74. The molecule has 0 saturated carbocycles. The quantitative estimate of drug-likeness (QED) is 0.858. The summed E-state index contributed by atoms with van der Waals surface area (Å²) < 4.78 is 0. The first-order chi connectivity index (χ1) is 10.2. The van der Waals surface area contributed by atoms with Crippen LogP contribution in [-0.2, 0) is 4.79 Å². The van der Waals surface area contributed by atoms with Crippen molar-refractivity contribution in [3.8, 4) is 0 Å². The van der Waals surface area contributed by atoms with E-state index in [4.69, 9.17) is 5.73 Å². The number of nitrogens with two attached hydrogens (primary N) is 1. The number of hydrogen-bond acceptors (Lipinski definition) is 2. The van der Waals surface area contributed by atoms with Gasteiger partial charge in [0, 0.05) is 5.56 Å². The molecule has 0 aromatic heterocycles. The number of carbonyl (C=O) groups is 2. The number of amides is 1. The molecule has 2 N–H and O–H groups in total. The van der Waals surface area contributed by atoms with Gasteiger partial charge in [-0.05, 0) is 17.2 Å². The third-order valence-electron chi connectivity index (χ3n) is 3.30. The first-order valence-electron chi connectivity index (χ1n) is 6.78. The van der Waals surface area contributed by atoms with Crippen molar-refractivity contribution in [1.29, 1.82) is 0 Å². The molecule has 1 amide bonds. The summed E-state index contributed by atoms with van der Waals surface area (Å²) in [5.74, 6) is -0.314. The van der Waals surface area contributed by atoms with Crippen LogP contribution in [0.25, 0.3) is 10.8 Å². The molecule has 3 heteroatoms. The lowest BCUT2D eigenvalue weighted by molar-refractivity contribution is -0.120. The normalized spacial score (nSPS) is 16.1. The van der Waals surface area contributed by atoms with E-state index in [1.54, 1.807) is 0 Å². The monoisotopic (exact) mass is 279 g/mol. The Bertz CT molecular complexity index is 696. The largest absolute Gasteiger partial charge is 0.369 e. The van der Waals surface area contributed by atoms with Gasteiger partial charge in [0.1, 0.15) is 0 Å². The molecule has 0 radical (unpaired) electrons. The fourth-order valence-electron chi connectivity index (χ4n) is 2.14. The van der Waals surface area contributed by atoms with E-state index in [2.05, 4.69) is 0 Å². The zero-order valence-electron chi connectivity index (χ0n) is 11.6. The Kier molecular flexibility index (Phi) is 5.04. The van der Waals surface area contributed by atoms with E-state index in [1.165, 1.54) is 0 Å². The van der Waals surface area contributed by atoms with Crippen LogP contribution in [0, 0.1) is 5.92 Å². The topological polar surface area (TPSA) is 60.2 Å². The Labute approximate surface area is 123 Å². The summed E-state index contributed by atoms with van der Waals surface area (Å²) in [6.45, 7) is 0. The van der Waals surface area contributed by atoms with Gasteiger partial charge in [0.15, 0.2) is 6.29 Å². The number of carbonyl (C=O) groups excluding carboxylic acids is 2. The van der Waals surface area contributed by atoms with Gasteiger partial charge in [-0.3, -0.25) is 9.59 Å². The van der Waals surface area contributed by atoms with Crippen molar-refractivity contribution in [1.82, 2.24) is 0 Å². The number of hydrogen-bond donors (Lipinski definition) is 1. The Hall–Kier alpha value is -2.68. The summed E-state index contributed by atoms with van der Waals surface area (Å²) in [6.07, 6.45) is 9.17. The lowest BCUT2D eigenvalue weighted by Crippen LogP contribution is -2.21. The maximum absolute atomic E-state index is 10.6. The molecular weight excluding hydrogens is 262 g/mol. The molecule has 106 valence electrons. The second-order valence-corrected chi connectivity index (χ2v) is 4.74. The molecule has 1 atom stereocenters. The Morgan fingerprint density at radius 3 is 2.48 bits per heavy atom. The van der Waals surface area contributed by atoms with Crippen molar-refractivity contribution in [3.05, 3.63) is 72.3 Å². The lowest BCUT2D eigenvalue weighted by Gasteiger charge is -2.06. The molecule has 1 aliphatic carbocycles. The molecule has 1 aliphatic rings. The van der Waals surface area contributed by atoms with Crippen LogP contribution >= 0.6 is 0 Å². The lowest BCUT2D eigenvalue weighted by atomic mass is 10.0. The van der Waals surface area contributed by atoms with Gasteiger partial charge in [-0.15, -0.1) is 0 Å². The van der Waals surface area contributed by atoms with Crippen LogP contribution in [-0.4, -0.2) is 12.2 Å². The molecule has 1 unspecified atom stereocenters. The van der Waals surface area contributed by atoms with Gasteiger partial charge >= 0.3 is 0 Å². The molecule has 21 heavy (non-hydrogen) atoms. The predicted molar refractivity (Wildman–Crippen MR) is 84.9 cm³/mol. The number of rotatable bonds is 2. The highest BCUT2D eigenvalue weighted by Crippen LogP contribution is 2.16. The van der Waals surface area contributed by atoms with E-state index in [0.717, 1.165) is 29.0 Å². The minimum atomic E-state index is -0.240. The zero-order valence-corrected chi connectivity index (χ0v) is 11.6. The Morgan fingerprint density at radius 2 is 1.86 bits per heavy atom. The van der Waals surface area contributed by atoms with E-state index < -0.39 is 0 Å². The molecule has 0 bridgehead atoms. The number of aldehydes is 1. The van der Waals surface area contributed by atoms with E-state index in [9.17, 15) is 9.59 Å². The third-order valence-corrected chi connectivity index (χ3v) is 3.30. The number of benzene rings is 2. The number of fused-ring (bicyclic) bond motifs is 1. The molecule has 3 nitrogen and oxygen atoms in total. The van der Waals surface area contributed by atoms with Crippen LogP contribution in [0.3, 0.4) is 0 Å². The molecule has 3 rings (SSSR count). The van der Waals surface area contributed by atoms with Crippen LogP contribution in [0.1, 0.15) is 16.8 Å². The standard InChI is InChI=1S/C11H8O.C7H9NO/c12-8-10-6-3-5-9-4-1-2-7-11(9)10;8-7(9)6-4-2-1-3-5-6/h1-8H;1-4,6H,5H2,(H2,8,9). The molecule has 0 aliphatic heterocycles. The maximum Gasteiger partial charge on any atom is 0.224 e. The van der Waals surface area contributed by atoms with E-state index in [1.807, 2.05) is 66.8 Å². The van der Waals surface area contributed by atoms with Gasteiger partial charge in [-0.2, -0.15) is 0 Å². The van der Waals surface area contributed by atoms with Crippen molar-refractivity contribution in [2.75, 3.05) is 0 Å². The molecule has 0 fully saturated rings. The van der Waals surface area contributed by atoms with Crippen molar-refractivity contribution in [2.24, 2.45) is 11.7 Å². The van der Waals surface area contributed by atoms with Crippen molar-refractivity contribution < 1.29 is 9.59 Å². The highest BCUT2D eigenvalue weighted by Gasteiger charge is 2.09. The van der Waals surface area contributed by atoms with Gasteiger partial charge in [0.25, 0.3) is 0 Å². The van der Waals surface area contributed by atoms with E-state index in [0.29, 0.717) is 0 Å². The summed E-state index contributed by atoms with van der Waals surface area (Å²) in [5, 5.41) is 2.14. The molecular formula is C18H17NO2. The van der Waals surface area contributed by atoms with Gasteiger partial charge in [0.2, 0.25) is 5.91 Å². The van der Waals surface area contributed by atoms with Gasteiger partial charge in [0.05, 0.1) is 5.92 Å². The van der Waals surface area contributed by atoms with Crippen LogP contribution in [0.4, 0.5) is 0 Å². The minimum Gasteiger partial charge on any atom is -0.369 e. The van der Waals surface area contributed by atoms with Crippen LogP contribution < -0.4 is 5.73 Å². The van der Waals surface area contributed by atoms with E-state index in [-0.39, 0.29) is 11.8 Å². The first-order valence-corrected chi connectivity index (χ1v) is 6.78.